The molecule has 2 heterocycles. The van der Waals surface area contributed by atoms with E-state index in [0.717, 1.165) is 51.1 Å². The number of hydrogen-bond donors (Lipinski definition) is 0. The fourth-order valence-corrected chi connectivity index (χ4v) is 4.37. The summed E-state index contributed by atoms with van der Waals surface area (Å²) >= 11 is 0. The number of Topliss-reactive ketones (excluding diaryl/α,β-unsaturated/α-hetero) is 1. The van der Waals surface area contributed by atoms with Crippen LogP contribution in [0.15, 0.2) is 24.3 Å². The lowest BCUT2D eigenvalue weighted by atomic mass is 9.79. The highest BCUT2D eigenvalue weighted by atomic mass is 16.5. The highest BCUT2D eigenvalue weighted by Gasteiger charge is 2.42. The first kappa shape index (κ1) is 19.1. The van der Waals surface area contributed by atoms with Gasteiger partial charge in [0.25, 0.3) is 0 Å². The number of rotatable bonds is 6. The lowest BCUT2D eigenvalue weighted by molar-refractivity contribution is -0.135. The summed E-state index contributed by atoms with van der Waals surface area (Å²) in [5.74, 6) is 0.335. The van der Waals surface area contributed by atoms with Gasteiger partial charge in [-0.3, -0.25) is 14.5 Å². The summed E-state index contributed by atoms with van der Waals surface area (Å²) in [5.41, 5.74) is 2.26. The summed E-state index contributed by atoms with van der Waals surface area (Å²) in [6.45, 7) is 6.92. The van der Waals surface area contributed by atoms with Gasteiger partial charge in [-0.1, -0.05) is 24.3 Å². The number of likely N-dealkylation sites (tertiary alicyclic amines) is 2. The SMILES string of the molecule is COCCC(=O)N1CCCC2(CCN(Cc3ccc(C(C)=O)cc3)C2)C1. The van der Waals surface area contributed by atoms with Crippen molar-refractivity contribution in [3.63, 3.8) is 0 Å². The maximum absolute atomic E-state index is 12.4. The maximum Gasteiger partial charge on any atom is 0.224 e. The molecule has 5 nitrogen and oxygen atoms in total. The van der Waals surface area contributed by atoms with E-state index in [9.17, 15) is 9.59 Å². The molecular formula is C21H30N2O3. The summed E-state index contributed by atoms with van der Waals surface area (Å²) in [4.78, 5) is 28.3. The fourth-order valence-electron chi connectivity index (χ4n) is 4.37. The molecule has 1 atom stereocenters. The average Bonchev–Trinajstić information content (AvgIpc) is 3.01. The van der Waals surface area contributed by atoms with Gasteiger partial charge in [-0.05, 0) is 38.3 Å². The van der Waals surface area contributed by atoms with E-state index in [1.165, 1.54) is 12.0 Å². The summed E-state index contributed by atoms with van der Waals surface area (Å²) in [6.07, 6.45) is 3.95. The van der Waals surface area contributed by atoms with Crippen molar-refractivity contribution >= 4 is 11.7 Å². The molecule has 1 aromatic rings. The van der Waals surface area contributed by atoms with Crippen molar-refractivity contribution in [2.45, 2.75) is 39.2 Å². The Hall–Kier alpha value is -1.72. The fraction of sp³-hybridized carbons (Fsp3) is 0.619. The van der Waals surface area contributed by atoms with Crippen LogP contribution in [0.5, 0.6) is 0 Å². The molecule has 0 bridgehead atoms. The van der Waals surface area contributed by atoms with Gasteiger partial charge in [0.1, 0.15) is 0 Å². The van der Waals surface area contributed by atoms with E-state index >= 15 is 0 Å². The minimum Gasteiger partial charge on any atom is -0.384 e. The van der Waals surface area contributed by atoms with Crippen molar-refractivity contribution in [1.29, 1.82) is 0 Å². The number of nitrogens with zero attached hydrogens (tertiary/aromatic N) is 2. The molecule has 0 N–H and O–H groups in total. The Kier molecular flexibility index (Phi) is 6.09. The van der Waals surface area contributed by atoms with Gasteiger partial charge in [-0.15, -0.1) is 0 Å². The van der Waals surface area contributed by atoms with Crippen LogP contribution in [-0.2, 0) is 16.1 Å². The smallest absolute Gasteiger partial charge is 0.224 e. The van der Waals surface area contributed by atoms with E-state index in [2.05, 4.69) is 17.0 Å². The van der Waals surface area contributed by atoms with Crippen LogP contribution in [0.3, 0.4) is 0 Å². The van der Waals surface area contributed by atoms with Crippen LogP contribution < -0.4 is 0 Å². The lowest BCUT2D eigenvalue weighted by Crippen LogP contribution is -2.47. The number of carbonyl (C=O) groups excluding carboxylic acids is 2. The van der Waals surface area contributed by atoms with Crippen LogP contribution in [-0.4, -0.2) is 61.4 Å². The standard InChI is InChI=1S/C21H30N2O3/c1-17(24)19-6-4-18(5-7-19)14-22-12-10-21(15-22)9-3-11-23(16-21)20(25)8-13-26-2/h4-7H,3,8-16H2,1-2H3. The van der Waals surface area contributed by atoms with Crippen molar-refractivity contribution in [3.8, 4) is 0 Å². The van der Waals surface area contributed by atoms with E-state index < -0.39 is 0 Å². The molecular weight excluding hydrogens is 328 g/mol. The molecule has 0 aromatic heterocycles. The van der Waals surface area contributed by atoms with Crippen LogP contribution in [0.1, 0.15) is 48.5 Å². The lowest BCUT2D eigenvalue weighted by Gasteiger charge is -2.40. The van der Waals surface area contributed by atoms with Gasteiger partial charge >= 0.3 is 0 Å². The quantitative estimate of drug-likeness (QED) is 0.734. The molecule has 5 heteroatoms. The Morgan fingerprint density at radius 2 is 1.88 bits per heavy atom. The van der Waals surface area contributed by atoms with Gasteiger partial charge in [0.05, 0.1) is 13.0 Å². The van der Waals surface area contributed by atoms with Crippen LogP contribution in [0.25, 0.3) is 0 Å². The Balaban J connectivity index is 1.56. The number of methoxy groups -OCH3 is 1. The first-order valence-electron chi connectivity index (χ1n) is 9.60. The molecule has 1 unspecified atom stereocenters. The van der Waals surface area contributed by atoms with Gasteiger partial charge in [-0.25, -0.2) is 0 Å². The Bertz CT molecular complexity index is 643. The van der Waals surface area contributed by atoms with Gasteiger partial charge < -0.3 is 9.64 Å². The Morgan fingerprint density at radius 1 is 1.12 bits per heavy atom. The molecule has 2 saturated heterocycles. The van der Waals surface area contributed by atoms with Gasteiger partial charge in [-0.2, -0.15) is 0 Å². The minimum absolute atomic E-state index is 0.108. The Morgan fingerprint density at radius 3 is 2.58 bits per heavy atom. The topological polar surface area (TPSA) is 49.9 Å². The zero-order chi connectivity index (χ0) is 18.6. The largest absolute Gasteiger partial charge is 0.384 e. The number of ketones is 1. The highest BCUT2D eigenvalue weighted by molar-refractivity contribution is 5.94. The van der Waals surface area contributed by atoms with Crippen molar-refractivity contribution in [2.24, 2.45) is 5.41 Å². The third-order valence-electron chi connectivity index (χ3n) is 5.82. The highest BCUT2D eigenvalue weighted by Crippen LogP contribution is 2.39. The van der Waals surface area contributed by atoms with Crippen molar-refractivity contribution < 1.29 is 14.3 Å². The van der Waals surface area contributed by atoms with E-state index in [4.69, 9.17) is 4.74 Å². The third kappa shape index (κ3) is 4.51. The number of amides is 1. The maximum atomic E-state index is 12.4. The second-order valence-electron chi connectivity index (χ2n) is 7.88. The zero-order valence-electron chi connectivity index (χ0n) is 16.0. The molecule has 0 aliphatic carbocycles. The molecule has 0 saturated carbocycles. The molecule has 2 fully saturated rings. The first-order chi connectivity index (χ1) is 12.5. The Labute approximate surface area is 156 Å². The van der Waals surface area contributed by atoms with Crippen molar-refractivity contribution in [2.75, 3.05) is 39.9 Å². The number of benzene rings is 1. The second-order valence-corrected chi connectivity index (χ2v) is 7.88. The number of ether oxygens (including phenoxy) is 1. The van der Waals surface area contributed by atoms with E-state index in [1.54, 1.807) is 14.0 Å². The summed E-state index contributed by atoms with van der Waals surface area (Å²) in [6, 6.07) is 7.95. The molecule has 0 radical (unpaired) electrons. The molecule has 1 aromatic carbocycles. The van der Waals surface area contributed by atoms with Gasteiger partial charge in [0, 0.05) is 44.3 Å². The predicted molar refractivity (Wildman–Crippen MR) is 101 cm³/mol. The van der Waals surface area contributed by atoms with Crippen molar-refractivity contribution in [3.05, 3.63) is 35.4 Å². The predicted octanol–water partition coefficient (Wildman–Crippen LogP) is 2.74. The summed E-state index contributed by atoms with van der Waals surface area (Å²) < 4.78 is 5.05. The van der Waals surface area contributed by atoms with E-state index in [1.807, 2.05) is 17.0 Å². The normalized spacial score (nSPS) is 23.5. The monoisotopic (exact) mass is 358 g/mol. The van der Waals surface area contributed by atoms with Gasteiger partial charge in [0.15, 0.2) is 5.78 Å². The van der Waals surface area contributed by atoms with E-state index in [-0.39, 0.29) is 17.1 Å². The molecule has 2 aliphatic heterocycles. The number of carbonyl (C=O) groups is 2. The molecule has 142 valence electrons. The number of piperidine rings is 1. The summed E-state index contributed by atoms with van der Waals surface area (Å²) in [5, 5.41) is 0. The van der Waals surface area contributed by atoms with Crippen LogP contribution in [0.4, 0.5) is 0 Å². The molecule has 2 aliphatic rings. The zero-order valence-corrected chi connectivity index (χ0v) is 16.0. The minimum atomic E-state index is 0.108. The van der Waals surface area contributed by atoms with Crippen molar-refractivity contribution in [1.82, 2.24) is 9.80 Å². The first-order valence-corrected chi connectivity index (χ1v) is 9.60. The number of hydrogen-bond acceptors (Lipinski definition) is 4. The summed E-state index contributed by atoms with van der Waals surface area (Å²) in [7, 11) is 1.64. The second kappa shape index (κ2) is 8.31. The molecule has 1 spiro atoms. The molecule has 3 rings (SSSR count). The van der Waals surface area contributed by atoms with Crippen LogP contribution >= 0.6 is 0 Å². The molecule has 1 amide bonds. The average molecular weight is 358 g/mol. The molecule has 26 heavy (non-hydrogen) atoms. The van der Waals surface area contributed by atoms with Crippen LogP contribution in [0.2, 0.25) is 0 Å². The van der Waals surface area contributed by atoms with E-state index in [0.29, 0.717) is 13.0 Å². The van der Waals surface area contributed by atoms with Crippen LogP contribution in [0, 0.1) is 5.41 Å². The third-order valence-corrected chi connectivity index (χ3v) is 5.82. The van der Waals surface area contributed by atoms with Gasteiger partial charge in [0.2, 0.25) is 5.91 Å².